The lowest BCUT2D eigenvalue weighted by Crippen LogP contribution is -2.22. The highest BCUT2D eigenvalue weighted by atomic mass is 35.5. The molecule has 1 aromatic heterocycles. The van der Waals surface area contributed by atoms with E-state index in [1.54, 1.807) is 18.5 Å². The largest absolute Gasteiger partial charge is 0.479 e. The van der Waals surface area contributed by atoms with E-state index >= 15 is 0 Å². The summed E-state index contributed by atoms with van der Waals surface area (Å²) in [5.41, 5.74) is 0.796. The summed E-state index contributed by atoms with van der Waals surface area (Å²) in [5, 5.41) is 3.24. The van der Waals surface area contributed by atoms with Crippen LogP contribution in [0.25, 0.3) is 0 Å². The molecule has 6 heteroatoms. The molecular weight excluding hydrogens is 310 g/mol. The quantitative estimate of drug-likeness (QED) is 0.930. The topological polar surface area (TPSA) is 34.1 Å². The third-order valence-corrected chi connectivity index (χ3v) is 3.97. The number of benzene rings is 1. The Morgan fingerprint density at radius 1 is 1.32 bits per heavy atom. The van der Waals surface area contributed by atoms with Crippen molar-refractivity contribution >= 4 is 11.6 Å². The van der Waals surface area contributed by atoms with Crippen LogP contribution in [0.3, 0.4) is 0 Å². The Hall–Kier alpha value is -1.72. The Morgan fingerprint density at radius 3 is 2.68 bits per heavy atom. The van der Waals surface area contributed by atoms with Crippen LogP contribution in [0.1, 0.15) is 18.1 Å². The SMILES string of the molecule is Fc1cc(Cl)cc(F)c1O[C@@H](c1cccnc1)[C@H]1CCNC1. The monoisotopic (exact) mass is 324 g/mol. The summed E-state index contributed by atoms with van der Waals surface area (Å²) >= 11 is 5.65. The number of pyridine rings is 1. The van der Waals surface area contributed by atoms with E-state index in [0.29, 0.717) is 0 Å². The van der Waals surface area contributed by atoms with E-state index in [9.17, 15) is 8.78 Å². The standard InChI is InChI=1S/C16H15ClF2N2O/c17-12-6-13(18)16(14(19)7-12)22-15(11-3-5-21-9-11)10-2-1-4-20-8-10/h1-2,4,6-8,11,15,21H,3,5,9H2/t11-,15-/m0/s1. The van der Waals surface area contributed by atoms with Crippen LogP contribution in [0.5, 0.6) is 5.75 Å². The van der Waals surface area contributed by atoms with Gasteiger partial charge in [-0.25, -0.2) is 8.78 Å². The molecule has 0 amide bonds. The zero-order chi connectivity index (χ0) is 15.5. The average Bonchev–Trinajstić information content (AvgIpc) is 3.01. The van der Waals surface area contributed by atoms with Gasteiger partial charge in [-0.05, 0) is 31.2 Å². The van der Waals surface area contributed by atoms with Crippen molar-refractivity contribution in [3.8, 4) is 5.75 Å². The molecule has 0 saturated carbocycles. The van der Waals surface area contributed by atoms with Crippen molar-refractivity contribution in [2.24, 2.45) is 5.92 Å². The lowest BCUT2D eigenvalue weighted by molar-refractivity contribution is 0.131. The highest BCUT2D eigenvalue weighted by molar-refractivity contribution is 6.30. The molecule has 2 heterocycles. The number of nitrogens with zero attached hydrogens (tertiary/aromatic N) is 1. The lowest BCUT2D eigenvalue weighted by Gasteiger charge is -2.25. The summed E-state index contributed by atoms with van der Waals surface area (Å²) in [4.78, 5) is 4.07. The zero-order valence-corrected chi connectivity index (χ0v) is 12.5. The molecule has 0 spiro atoms. The second-order valence-electron chi connectivity index (χ2n) is 5.28. The van der Waals surface area contributed by atoms with Crippen LogP contribution in [0.2, 0.25) is 5.02 Å². The Bertz CT molecular complexity index is 625. The van der Waals surface area contributed by atoms with E-state index in [-0.39, 0.29) is 10.9 Å². The number of halogens is 3. The lowest BCUT2D eigenvalue weighted by atomic mass is 9.96. The molecule has 3 rings (SSSR count). The molecular formula is C16H15ClF2N2O. The van der Waals surface area contributed by atoms with Gasteiger partial charge in [0.15, 0.2) is 17.4 Å². The number of aromatic nitrogens is 1. The van der Waals surface area contributed by atoms with Gasteiger partial charge in [-0.15, -0.1) is 0 Å². The van der Waals surface area contributed by atoms with Crippen LogP contribution in [-0.2, 0) is 0 Å². The first-order valence-corrected chi connectivity index (χ1v) is 7.45. The van der Waals surface area contributed by atoms with Gasteiger partial charge in [0.25, 0.3) is 0 Å². The fraction of sp³-hybridized carbons (Fsp3) is 0.312. The summed E-state index contributed by atoms with van der Waals surface area (Å²) in [6, 6.07) is 5.73. The summed E-state index contributed by atoms with van der Waals surface area (Å²) in [6.45, 7) is 1.59. The highest BCUT2D eigenvalue weighted by Gasteiger charge is 2.30. The maximum atomic E-state index is 14.0. The fourth-order valence-electron chi connectivity index (χ4n) is 2.68. The predicted molar refractivity (Wildman–Crippen MR) is 80.0 cm³/mol. The van der Waals surface area contributed by atoms with Gasteiger partial charge < -0.3 is 10.1 Å². The molecule has 0 aliphatic carbocycles. The van der Waals surface area contributed by atoms with Crippen molar-refractivity contribution in [3.05, 3.63) is 58.9 Å². The van der Waals surface area contributed by atoms with E-state index < -0.39 is 23.5 Å². The van der Waals surface area contributed by atoms with E-state index in [2.05, 4.69) is 10.3 Å². The van der Waals surface area contributed by atoms with Crippen LogP contribution in [0.4, 0.5) is 8.78 Å². The van der Waals surface area contributed by atoms with Crippen LogP contribution in [-0.4, -0.2) is 18.1 Å². The van der Waals surface area contributed by atoms with Crippen LogP contribution < -0.4 is 10.1 Å². The van der Waals surface area contributed by atoms with Crippen LogP contribution >= 0.6 is 11.6 Å². The van der Waals surface area contributed by atoms with Crippen molar-refractivity contribution in [3.63, 3.8) is 0 Å². The van der Waals surface area contributed by atoms with Crippen molar-refractivity contribution < 1.29 is 13.5 Å². The summed E-state index contributed by atoms with van der Waals surface area (Å²) in [7, 11) is 0. The Morgan fingerprint density at radius 2 is 2.09 bits per heavy atom. The molecule has 2 atom stereocenters. The highest BCUT2D eigenvalue weighted by Crippen LogP contribution is 2.35. The molecule has 1 aliphatic heterocycles. The Labute approximate surface area is 132 Å². The molecule has 0 radical (unpaired) electrons. The zero-order valence-electron chi connectivity index (χ0n) is 11.7. The van der Waals surface area contributed by atoms with Crippen LogP contribution in [0, 0.1) is 17.6 Å². The molecule has 1 aromatic carbocycles. The second kappa shape index (κ2) is 6.58. The maximum absolute atomic E-state index is 14.0. The van der Waals surface area contributed by atoms with Gasteiger partial charge in [0.05, 0.1) is 0 Å². The summed E-state index contributed by atoms with van der Waals surface area (Å²) in [6.07, 6.45) is 3.72. The smallest absolute Gasteiger partial charge is 0.191 e. The maximum Gasteiger partial charge on any atom is 0.191 e. The minimum atomic E-state index is -0.801. The van der Waals surface area contributed by atoms with Crippen LogP contribution in [0.15, 0.2) is 36.7 Å². The third-order valence-electron chi connectivity index (χ3n) is 3.75. The average molecular weight is 325 g/mol. The summed E-state index contributed by atoms with van der Waals surface area (Å²) < 4.78 is 33.7. The van der Waals surface area contributed by atoms with E-state index in [0.717, 1.165) is 37.2 Å². The Balaban J connectivity index is 1.94. The predicted octanol–water partition coefficient (Wildman–Crippen LogP) is 3.74. The first kappa shape index (κ1) is 15.2. The first-order chi connectivity index (χ1) is 10.6. The third kappa shape index (κ3) is 3.20. The van der Waals surface area contributed by atoms with Gasteiger partial charge in [-0.3, -0.25) is 4.98 Å². The molecule has 3 nitrogen and oxygen atoms in total. The first-order valence-electron chi connectivity index (χ1n) is 7.07. The van der Waals surface area contributed by atoms with E-state index in [1.165, 1.54) is 0 Å². The molecule has 116 valence electrons. The van der Waals surface area contributed by atoms with Crippen molar-refractivity contribution in [1.82, 2.24) is 10.3 Å². The number of hydrogen-bond acceptors (Lipinski definition) is 3. The van der Waals surface area contributed by atoms with E-state index in [4.69, 9.17) is 16.3 Å². The Kier molecular flexibility index (Phi) is 4.55. The number of hydrogen-bond donors (Lipinski definition) is 1. The molecule has 22 heavy (non-hydrogen) atoms. The molecule has 0 bridgehead atoms. The fourth-order valence-corrected chi connectivity index (χ4v) is 2.88. The minimum Gasteiger partial charge on any atom is -0.479 e. The van der Waals surface area contributed by atoms with Crippen molar-refractivity contribution in [2.75, 3.05) is 13.1 Å². The molecule has 1 fully saturated rings. The van der Waals surface area contributed by atoms with Gasteiger partial charge in [0, 0.05) is 35.4 Å². The van der Waals surface area contributed by atoms with Gasteiger partial charge >= 0.3 is 0 Å². The van der Waals surface area contributed by atoms with Gasteiger partial charge in [0.1, 0.15) is 6.10 Å². The van der Waals surface area contributed by atoms with Gasteiger partial charge in [-0.1, -0.05) is 17.7 Å². The number of rotatable bonds is 4. The molecule has 2 aromatic rings. The summed E-state index contributed by atoms with van der Waals surface area (Å²) in [5.74, 6) is -1.88. The van der Waals surface area contributed by atoms with Crippen molar-refractivity contribution in [2.45, 2.75) is 12.5 Å². The number of nitrogens with one attached hydrogen (secondary N) is 1. The van der Waals surface area contributed by atoms with Gasteiger partial charge in [-0.2, -0.15) is 0 Å². The van der Waals surface area contributed by atoms with Crippen molar-refractivity contribution in [1.29, 1.82) is 0 Å². The molecule has 1 aliphatic rings. The normalized spacial score (nSPS) is 19.1. The second-order valence-corrected chi connectivity index (χ2v) is 5.71. The molecule has 0 unspecified atom stereocenters. The van der Waals surface area contributed by atoms with E-state index in [1.807, 2.05) is 6.07 Å². The van der Waals surface area contributed by atoms with Gasteiger partial charge in [0.2, 0.25) is 0 Å². The molecule has 1 N–H and O–H groups in total. The number of ether oxygens (including phenoxy) is 1. The minimum absolute atomic E-state index is 0.00260. The molecule has 1 saturated heterocycles.